The van der Waals surface area contributed by atoms with Crippen molar-refractivity contribution in [1.82, 2.24) is 4.90 Å². The summed E-state index contributed by atoms with van der Waals surface area (Å²) >= 11 is 0. The van der Waals surface area contributed by atoms with E-state index in [1.165, 1.54) is 17.5 Å². The number of nitrogens with zero attached hydrogens (tertiary/aromatic N) is 1. The van der Waals surface area contributed by atoms with Gasteiger partial charge in [0.1, 0.15) is 5.60 Å². The highest BCUT2D eigenvalue weighted by Crippen LogP contribution is 2.52. The van der Waals surface area contributed by atoms with Gasteiger partial charge >= 0.3 is 0 Å². The Morgan fingerprint density at radius 1 is 1.09 bits per heavy atom. The molecule has 5 nitrogen and oxygen atoms in total. The van der Waals surface area contributed by atoms with Crippen molar-refractivity contribution >= 4 is 18.3 Å². The number of ether oxygens (including phenoxy) is 1. The number of carbonyl (C=O) groups excluding carboxylic acids is 1. The zero-order chi connectivity index (χ0) is 21.6. The van der Waals surface area contributed by atoms with E-state index in [1.54, 1.807) is 13.2 Å². The topological polar surface area (TPSA) is 75.8 Å². The maximum atomic E-state index is 11.8. The largest absolute Gasteiger partial charge is 0.388 e. The molecule has 0 radical (unpaired) electrons. The van der Waals surface area contributed by atoms with Crippen LogP contribution in [0.1, 0.15) is 46.3 Å². The van der Waals surface area contributed by atoms with E-state index in [2.05, 4.69) is 35.2 Å². The number of fused-ring (bicyclic) bond motifs is 3. The predicted octanol–water partition coefficient (Wildman–Crippen LogP) is 3.31. The first-order valence-electron chi connectivity index (χ1n) is 11.4. The number of halogens is 1. The normalized spacial score (nSPS) is 28.6. The monoisotopic (exact) mass is 456 g/mol. The maximum absolute atomic E-state index is 11.8. The van der Waals surface area contributed by atoms with Gasteiger partial charge in [-0.25, -0.2) is 0 Å². The summed E-state index contributed by atoms with van der Waals surface area (Å²) in [6.07, 6.45) is 4.82. The predicted molar refractivity (Wildman–Crippen MR) is 127 cm³/mol. The molecule has 2 fully saturated rings. The van der Waals surface area contributed by atoms with E-state index in [4.69, 9.17) is 10.5 Å². The quantitative estimate of drug-likeness (QED) is 0.723. The van der Waals surface area contributed by atoms with Crippen LogP contribution < -0.4 is 5.73 Å². The Morgan fingerprint density at radius 3 is 2.28 bits per heavy atom. The number of likely N-dealkylation sites (tertiary alicyclic amines) is 1. The summed E-state index contributed by atoms with van der Waals surface area (Å²) in [4.78, 5) is 14.2. The Hall–Kier alpha value is -1.92. The molecule has 172 valence electrons. The second-order valence-corrected chi connectivity index (χ2v) is 9.81. The van der Waals surface area contributed by atoms with Crippen molar-refractivity contribution in [2.75, 3.05) is 26.7 Å². The standard InChI is InChI=1S/C26H32N2O3.ClH/c1-31-26(21-9-4-8-18(12-21)24(27)29)22-10-5-11-23(26)16-28(15-22)17-25(30)13-19-6-2-3-7-20(19)14-25;/h2-4,6-9,12,22-23,30H,5,10-11,13-17H2,1H3,(H2,27,29);1H/t22-,23+,26+;. The number of hydrogen-bond donors (Lipinski definition) is 2. The lowest BCUT2D eigenvalue weighted by molar-refractivity contribution is -0.175. The molecule has 5 rings (SSSR count). The smallest absolute Gasteiger partial charge is 0.248 e. The van der Waals surface area contributed by atoms with Crippen LogP contribution in [-0.2, 0) is 23.2 Å². The van der Waals surface area contributed by atoms with E-state index in [1.807, 2.05) is 12.1 Å². The fraction of sp³-hybridized carbons (Fsp3) is 0.500. The van der Waals surface area contributed by atoms with Crippen molar-refractivity contribution in [3.8, 4) is 0 Å². The van der Waals surface area contributed by atoms with Gasteiger partial charge in [-0.1, -0.05) is 42.8 Å². The molecule has 1 saturated carbocycles. The molecule has 32 heavy (non-hydrogen) atoms. The van der Waals surface area contributed by atoms with Crippen molar-refractivity contribution in [2.24, 2.45) is 17.6 Å². The van der Waals surface area contributed by atoms with Gasteiger partial charge in [0.05, 0.1) is 5.60 Å². The molecule has 3 N–H and O–H groups in total. The number of carbonyl (C=O) groups is 1. The van der Waals surface area contributed by atoms with E-state index in [-0.39, 0.29) is 12.4 Å². The lowest BCUT2D eigenvalue weighted by Crippen LogP contribution is -2.61. The molecule has 1 aliphatic heterocycles. The number of primary amides is 1. The first-order chi connectivity index (χ1) is 14.9. The Morgan fingerprint density at radius 2 is 1.72 bits per heavy atom. The average Bonchev–Trinajstić information content (AvgIpc) is 3.08. The van der Waals surface area contributed by atoms with Gasteiger partial charge in [-0.15, -0.1) is 12.4 Å². The number of β-amino-alcohol motifs (C(OH)–C–C–N with tert-alkyl or cyclic N) is 1. The van der Waals surface area contributed by atoms with E-state index in [0.29, 0.717) is 23.9 Å². The van der Waals surface area contributed by atoms with E-state index in [0.717, 1.165) is 44.3 Å². The van der Waals surface area contributed by atoms with Crippen LogP contribution in [0.2, 0.25) is 0 Å². The van der Waals surface area contributed by atoms with E-state index in [9.17, 15) is 9.90 Å². The highest BCUT2D eigenvalue weighted by molar-refractivity contribution is 5.93. The second kappa shape index (κ2) is 8.79. The summed E-state index contributed by atoms with van der Waals surface area (Å²) in [6.45, 7) is 2.48. The van der Waals surface area contributed by atoms with Crippen LogP contribution in [0.15, 0.2) is 48.5 Å². The minimum absolute atomic E-state index is 0. The lowest BCUT2D eigenvalue weighted by atomic mass is 9.62. The summed E-state index contributed by atoms with van der Waals surface area (Å²) in [6, 6.07) is 16.1. The molecule has 1 amide bonds. The highest BCUT2D eigenvalue weighted by atomic mass is 35.5. The molecular weight excluding hydrogens is 424 g/mol. The van der Waals surface area contributed by atoms with Gasteiger partial charge in [-0.05, 0) is 41.7 Å². The molecule has 0 aromatic heterocycles. The summed E-state index contributed by atoms with van der Waals surface area (Å²) in [5.74, 6) is 0.236. The Bertz CT molecular complexity index is 956. The number of amides is 1. The molecule has 0 spiro atoms. The fourth-order valence-corrected chi connectivity index (χ4v) is 6.69. The fourth-order valence-electron chi connectivity index (χ4n) is 6.69. The van der Waals surface area contributed by atoms with Crippen molar-refractivity contribution in [1.29, 1.82) is 0 Å². The Labute approximate surface area is 196 Å². The minimum Gasteiger partial charge on any atom is -0.388 e. The molecule has 2 aromatic rings. The third-order valence-electron chi connectivity index (χ3n) is 7.89. The molecule has 2 bridgehead atoms. The Balaban J connectivity index is 0.00000245. The minimum atomic E-state index is -0.697. The molecule has 2 aromatic carbocycles. The summed E-state index contributed by atoms with van der Waals surface area (Å²) in [5.41, 5.74) is 8.61. The number of piperidine rings is 1. The van der Waals surface area contributed by atoms with E-state index < -0.39 is 17.1 Å². The van der Waals surface area contributed by atoms with Gasteiger partial charge in [0.15, 0.2) is 0 Å². The van der Waals surface area contributed by atoms with Gasteiger partial charge in [0.25, 0.3) is 0 Å². The van der Waals surface area contributed by atoms with Crippen LogP contribution in [0.25, 0.3) is 0 Å². The van der Waals surface area contributed by atoms with Crippen LogP contribution in [-0.4, -0.2) is 48.3 Å². The van der Waals surface area contributed by atoms with Crippen LogP contribution in [0.3, 0.4) is 0 Å². The number of rotatable bonds is 5. The zero-order valence-electron chi connectivity index (χ0n) is 18.6. The van der Waals surface area contributed by atoms with Crippen molar-refractivity contribution < 1.29 is 14.6 Å². The number of benzene rings is 2. The molecular formula is C26H33ClN2O3. The number of nitrogens with two attached hydrogens (primary N) is 1. The summed E-state index contributed by atoms with van der Waals surface area (Å²) in [7, 11) is 1.80. The summed E-state index contributed by atoms with van der Waals surface area (Å²) < 4.78 is 6.32. The van der Waals surface area contributed by atoms with Crippen molar-refractivity contribution in [3.63, 3.8) is 0 Å². The molecule has 1 heterocycles. The SMILES string of the molecule is CO[C@@]1(c2cccc(C(N)=O)c2)[C@@H]2CCC[C@H]1CN(CC1(O)Cc3ccccc3C1)C2.Cl. The van der Waals surface area contributed by atoms with Crippen molar-refractivity contribution in [2.45, 2.75) is 43.3 Å². The molecule has 2 aliphatic carbocycles. The van der Waals surface area contributed by atoms with Gasteiger partial charge in [0, 0.05) is 57.0 Å². The number of hydrogen-bond acceptors (Lipinski definition) is 4. The number of methoxy groups -OCH3 is 1. The maximum Gasteiger partial charge on any atom is 0.248 e. The zero-order valence-corrected chi connectivity index (χ0v) is 19.4. The first kappa shape index (κ1) is 23.2. The molecule has 6 heteroatoms. The van der Waals surface area contributed by atoms with Crippen LogP contribution in [0, 0.1) is 11.8 Å². The van der Waals surface area contributed by atoms with Gasteiger partial charge < -0.3 is 15.6 Å². The molecule has 3 atom stereocenters. The number of aliphatic hydroxyl groups is 1. The van der Waals surface area contributed by atoms with Gasteiger partial charge in [0.2, 0.25) is 5.91 Å². The van der Waals surface area contributed by atoms with Crippen LogP contribution in [0.4, 0.5) is 0 Å². The first-order valence-corrected chi connectivity index (χ1v) is 11.4. The highest BCUT2D eigenvalue weighted by Gasteiger charge is 2.54. The summed E-state index contributed by atoms with van der Waals surface area (Å²) in [5, 5.41) is 11.4. The van der Waals surface area contributed by atoms with Gasteiger partial charge in [-0.2, -0.15) is 0 Å². The lowest BCUT2D eigenvalue weighted by Gasteiger charge is -2.56. The third-order valence-corrected chi connectivity index (χ3v) is 7.89. The van der Waals surface area contributed by atoms with Crippen LogP contribution in [0.5, 0.6) is 0 Å². The third kappa shape index (κ3) is 3.86. The molecule has 0 unspecified atom stereocenters. The Kier molecular flexibility index (Phi) is 6.38. The molecule has 1 saturated heterocycles. The van der Waals surface area contributed by atoms with Crippen molar-refractivity contribution in [3.05, 3.63) is 70.8 Å². The van der Waals surface area contributed by atoms with E-state index >= 15 is 0 Å². The van der Waals surface area contributed by atoms with Crippen LogP contribution >= 0.6 is 12.4 Å². The second-order valence-electron chi connectivity index (χ2n) is 9.81. The molecule has 3 aliphatic rings. The average molecular weight is 457 g/mol. The van der Waals surface area contributed by atoms with Gasteiger partial charge in [-0.3, -0.25) is 9.69 Å².